The Morgan fingerprint density at radius 2 is 2.20 bits per heavy atom. The molecular weight excluding hydrogens is 215 g/mol. The quantitative estimate of drug-likeness (QED) is 0.609. The van der Waals surface area contributed by atoms with Gasteiger partial charge in [0, 0.05) is 0 Å². The Balaban J connectivity index is 3.25. The molecule has 82 valence electrons. The zero-order chi connectivity index (χ0) is 11.6. The molecule has 7 heteroatoms. The van der Waals surface area contributed by atoms with Gasteiger partial charge in [-0.25, -0.2) is 18.6 Å². The molecule has 0 spiro atoms. The molecule has 0 unspecified atom stereocenters. The first-order valence-electron chi connectivity index (χ1n) is 3.73. The summed E-state index contributed by atoms with van der Waals surface area (Å²) in [6.07, 6.45) is -3.12. The summed E-state index contributed by atoms with van der Waals surface area (Å²) in [6.45, 7) is 0. The van der Waals surface area contributed by atoms with Gasteiger partial charge in [-0.3, -0.25) is 0 Å². The fraction of sp³-hybridized carbons (Fsp3) is 0.250. The van der Waals surface area contributed by atoms with Gasteiger partial charge in [0.15, 0.2) is 5.69 Å². The van der Waals surface area contributed by atoms with Crippen molar-refractivity contribution >= 4 is 5.97 Å². The maximum atomic E-state index is 12.9. The molecule has 0 saturated carbocycles. The molecule has 0 aromatic carbocycles. The van der Waals surface area contributed by atoms with Crippen LogP contribution >= 0.6 is 0 Å². The first-order chi connectivity index (χ1) is 6.97. The van der Waals surface area contributed by atoms with Crippen LogP contribution in [0.3, 0.4) is 0 Å². The number of halogens is 3. The molecular formula is C8H6F3NO3. The van der Waals surface area contributed by atoms with Gasteiger partial charge in [-0.15, -0.1) is 0 Å². The monoisotopic (exact) mass is 221 g/mol. The first kappa shape index (κ1) is 11.3. The summed E-state index contributed by atoms with van der Waals surface area (Å²) in [5.74, 6) is -3.46. The van der Waals surface area contributed by atoms with Crippen LogP contribution in [0.5, 0.6) is 5.75 Å². The third-order valence-corrected chi connectivity index (χ3v) is 1.60. The van der Waals surface area contributed by atoms with Crippen LogP contribution in [0.15, 0.2) is 6.07 Å². The first-order valence-corrected chi connectivity index (χ1v) is 3.73. The number of hydrogen-bond acceptors (Lipinski definition) is 4. The lowest BCUT2D eigenvalue weighted by atomic mass is 10.2. The van der Waals surface area contributed by atoms with Crippen LogP contribution in [0.25, 0.3) is 0 Å². The molecule has 0 fully saturated rings. The van der Waals surface area contributed by atoms with Crippen LogP contribution in [0, 0.1) is 5.95 Å². The van der Waals surface area contributed by atoms with Crippen LogP contribution in [0.2, 0.25) is 0 Å². The Bertz CT molecular complexity index is 395. The van der Waals surface area contributed by atoms with E-state index in [-0.39, 0.29) is 0 Å². The van der Waals surface area contributed by atoms with Gasteiger partial charge in [-0.1, -0.05) is 0 Å². The molecule has 0 bridgehead atoms. The van der Waals surface area contributed by atoms with E-state index in [1.54, 1.807) is 0 Å². The molecule has 1 heterocycles. The lowest BCUT2D eigenvalue weighted by Crippen LogP contribution is -2.08. The highest BCUT2D eigenvalue weighted by Gasteiger charge is 2.22. The summed E-state index contributed by atoms with van der Waals surface area (Å²) >= 11 is 0. The number of methoxy groups -OCH3 is 1. The third kappa shape index (κ3) is 2.17. The van der Waals surface area contributed by atoms with Gasteiger partial charge in [0.05, 0.1) is 12.7 Å². The second-order valence-corrected chi connectivity index (χ2v) is 2.53. The molecule has 1 aromatic rings. The Hall–Kier alpha value is -1.79. The van der Waals surface area contributed by atoms with Crippen LogP contribution in [-0.2, 0) is 4.74 Å². The van der Waals surface area contributed by atoms with E-state index < -0.39 is 35.3 Å². The highest BCUT2D eigenvalue weighted by atomic mass is 19.3. The predicted molar refractivity (Wildman–Crippen MR) is 42.2 cm³/mol. The van der Waals surface area contributed by atoms with E-state index in [0.717, 1.165) is 7.11 Å². The van der Waals surface area contributed by atoms with Crippen molar-refractivity contribution in [3.05, 3.63) is 23.3 Å². The number of aromatic hydroxyl groups is 1. The average molecular weight is 221 g/mol. The average Bonchev–Trinajstić information content (AvgIpc) is 2.19. The number of aromatic nitrogens is 1. The smallest absolute Gasteiger partial charge is 0.360 e. The van der Waals surface area contributed by atoms with E-state index in [2.05, 4.69) is 9.72 Å². The highest BCUT2D eigenvalue weighted by Crippen LogP contribution is 2.26. The number of carbonyl (C=O) groups is 1. The molecule has 0 aliphatic heterocycles. The van der Waals surface area contributed by atoms with Crippen molar-refractivity contribution in [2.45, 2.75) is 6.43 Å². The van der Waals surface area contributed by atoms with Gasteiger partial charge in [0.1, 0.15) is 5.75 Å². The molecule has 1 rings (SSSR count). The van der Waals surface area contributed by atoms with Crippen LogP contribution < -0.4 is 0 Å². The van der Waals surface area contributed by atoms with Crippen molar-refractivity contribution in [1.82, 2.24) is 4.98 Å². The topological polar surface area (TPSA) is 59.4 Å². The number of nitrogens with zero attached hydrogens (tertiary/aromatic N) is 1. The molecule has 0 aliphatic carbocycles. The maximum absolute atomic E-state index is 12.9. The lowest BCUT2D eigenvalue weighted by molar-refractivity contribution is 0.0587. The Morgan fingerprint density at radius 1 is 1.60 bits per heavy atom. The molecule has 1 aromatic heterocycles. The number of pyridine rings is 1. The maximum Gasteiger partial charge on any atom is 0.360 e. The minimum atomic E-state index is -3.12. The van der Waals surface area contributed by atoms with E-state index in [1.807, 2.05) is 0 Å². The lowest BCUT2D eigenvalue weighted by Gasteiger charge is -2.05. The summed E-state index contributed by atoms with van der Waals surface area (Å²) in [5, 5.41) is 9.10. The van der Waals surface area contributed by atoms with Crippen LogP contribution in [-0.4, -0.2) is 23.2 Å². The molecule has 4 nitrogen and oxygen atoms in total. The van der Waals surface area contributed by atoms with Gasteiger partial charge in [0.25, 0.3) is 6.43 Å². The van der Waals surface area contributed by atoms with Crippen molar-refractivity contribution in [3.63, 3.8) is 0 Å². The minimum Gasteiger partial charge on any atom is -0.505 e. The summed E-state index contributed by atoms with van der Waals surface area (Å²) in [6, 6.07) is 0.444. The van der Waals surface area contributed by atoms with Gasteiger partial charge in [-0.05, 0) is 6.07 Å². The third-order valence-electron chi connectivity index (χ3n) is 1.60. The fourth-order valence-electron chi connectivity index (χ4n) is 0.895. The SMILES string of the molecule is COC(=O)c1nc(F)c(C(F)F)cc1O. The number of esters is 1. The highest BCUT2D eigenvalue weighted by molar-refractivity contribution is 5.90. The van der Waals surface area contributed by atoms with Crippen molar-refractivity contribution < 1.29 is 27.8 Å². The molecule has 0 atom stereocenters. The van der Waals surface area contributed by atoms with E-state index >= 15 is 0 Å². The van der Waals surface area contributed by atoms with Gasteiger partial charge < -0.3 is 9.84 Å². The number of ether oxygens (including phenoxy) is 1. The summed E-state index contributed by atoms with van der Waals surface area (Å²) in [7, 11) is 0.988. The summed E-state index contributed by atoms with van der Waals surface area (Å²) in [5.41, 5.74) is -1.81. The zero-order valence-corrected chi connectivity index (χ0v) is 7.50. The largest absolute Gasteiger partial charge is 0.505 e. The standard InChI is InChI=1S/C8H6F3NO3/c1-15-8(14)5-4(13)2-3(6(9)10)7(11)12-5/h2,6,13H,1H3. The van der Waals surface area contributed by atoms with E-state index in [0.29, 0.717) is 6.07 Å². The molecule has 0 radical (unpaired) electrons. The number of carbonyl (C=O) groups excluding carboxylic acids is 1. The number of hydrogen-bond donors (Lipinski definition) is 1. The summed E-state index contributed by atoms with van der Waals surface area (Å²) in [4.78, 5) is 13.8. The normalized spacial score (nSPS) is 10.5. The molecule has 1 N–H and O–H groups in total. The predicted octanol–water partition coefficient (Wildman–Crippen LogP) is 1.65. The van der Waals surface area contributed by atoms with E-state index in [9.17, 15) is 18.0 Å². The van der Waals surface area contributed by atoms with Crippen molar-refractivity contribution in [2.75, 3.05) is 7.11 Å². The molecule has 0 amide bonds. The van der Waals surface area contributed by atoms with Crippen molar-refractivity contribution in [1.29, 1.82) is 0 Å². The van der Waals surface area contributed by atoms with Crippen molar-refractivity contribution in [2.24, 2.45) is 0 Å². The fourth-order valence-corrected chi connectivity index (χ4v) is 0.895. The Labute approximate surface area is 82.3 Å². The van der Waals surface area contributed by atoms with Gasteiger partial charge in [0.2, 0.25) is 5.95 Å². The Morgan fingerprint density at radius 3 is 2.67 bits per heavy atom. The zero-order valence-electron chi connectivity index (χ0n) is 7.50. The molecule has 15 heavy (non-hydrogen) atoms. The second kappa shape index (κ2) is 4.16. The van der Waals surface area contributed by atoms with Gasteiger partial charge in [-0.2, -0.15) is 4.39 Å². The number of alkyl halides is 2. The van der Waals surface area contributed by atoms with Crippen LogP contribution in [0.1, 0.15) is 22.5 Å². The summed E-state index contributed by atoms with van der Waals surface area (Å²) < 4.78 is 41.3. The molecule has 0 saturated heterocycles. The van der Waals surface area contributed by atoms with Crippen molar-refractivity contribution in [3.8, 4) is 5.75 Å². The Kier molecular flexibility index (Phi) is 3.13. The minimum absolute atomic E-state index is 0.444. The van der Waals surface area contributed by atoms with E-state index in [1.165, 1.54) is 0 Å². The molecule has 0 aliphatic rings. The number of rotatable bonds is 2. The van der Waals surface area contributed by atoms with E-state index in [4.69, 9.17) is 5.11 Å². The van der Waals surface area contributed by atoms with Gasteiger partial charge >= 0.3 is 5.97 Å². The van der Waals surface area contributed by atoms with Crippen LogP contribution in [0.4, 0.5) is 13.2 Å². The second-order valence-electron chi connectivity index (χ2n) is 2.53.